The van der Waals surface area contributed by atoms with Gasteiger partial charge in [0.25, 0.3) is 0 Å². The SMILES string of the molecule is CCOc1ccc(CN2CCC(n3c(=O)[nH]c4ccccc43)CC2)cc1OCC. The van der Waals surface area contributed by atoms with Crippen molar-refractivity contribution in [3.05, 3.63) is 58.5 Å². The number of H-pyrrole nitrogens is 1. The molecule has 3 aromatic rings. The summed E-state index contributed by atoms with van der Waals surface area (Å²) in [5.74, 6) is 1.61. The number of benzene rings is 2. The van der Waals surface area contributed by atoms with E-state index in [2.05, 4.69) is 22.0 Å². The molecule has 29 heavy (non-hydrogen) atoms. The minimum absolute atomic E-state index is 0.00230. The summed E-state index contributed by atoms with van der Waals surface area (Å²) in [6, 6.07) is 14.4. The van der Waals surface area contributed by atoms with Gasteiger partial charge in [-0.3, -0.25) is 9.47 Å². The molecule has 154 valence electrons. The highest BCUT2D eigenvalue weighted by molar-refractivity contribution is 5.75. The first-order valence-electron chi connectivity index (χ1n) is 10.5. The third-order valence-corrected chi connectivity index (χ3v) is 5.56. The van der Waals surface area contributed by atoms with Gasteiger partial charge >= 0.3 is 5.69 Å². The molecule has 0 aliphatic carbocycles. The van der Waals surface area contributed by atoms with Gasteiger partial charge in [0, 0.05) is 25.7 Å². The number of likely N-dealkylation sites (tertiary alicyclic amines) is 1. The van der Waals surface area contributed by atoms with E-state index in [0.29, 0.717) is 13.2 Å². The van der Waals surface area contributed by atoms with Gasteiger partial charge in [0.05, 0.1) is 24.2 Å². The van der Waals surface area contributed by atoms with E-state index >= 15 is 0 Å². The fourth-order valence-corrected chi connectivity index (χ4v) is 4.22. The molecule has 4 rings (SSSR count). The zero-order chi connectivity index (χ0) is 20.2. The van der Waals surface area contributed by atoms with E-state index < -0.39 is 0 Å². The Kier molecular flexibility index (Phi) is 5.90. The van der Waals surface area contributed by atoms with E-state index in [9.17, 15) is 4.79 Å². The van der Waals surface area contributed by atoms with E-state index in [-0.39, 0.29) is 11.7 Å². The molecule has 1 aliphatic heterocycles. The molecule has 1 N–H and O–H groups in total. The van der Waals surface area contributed by atoms with Gasteiger partial charge in [0.15, 0.2) is 11.5 Å². The van der Waals surface area contributed by atoms with Crippen LogP contribution in [0.25, 0.3) is 11.0 Å². The maximum absolute atomic E-state index is 12.5. The second-order valence-electron chi connectivity index (χ2n) is 7.47. The maximum atomic E-state index is 12.5. The van der Waals surface area contributed by atoms with E-state index in [4.69, 9.17) is 9.47 Å². The van der Waals surface area contributed by atoms with Crippen molar-refractivity contribution in [3.8, 4) is 11.5 Å². The zero-order valence-corrected chi connectivity index (χ0v) is 17.2. The van der Waals surface area contributed by atoms with Gasteiger partial charge in [-0.15, -0.1) is 0 Å². The van der Waals surface area contributed by atoms with Gasteiger partial charge in [0.2, 0.25) is 0 Å². The van der Waals surface area contributed by atoms with Crippen LogP contribution in [0.5, 0.6) is 11.5 Å². The first kappa shape index (κ1) is 19.6. The molecule has 1 aromatic heterocycles. The fraction of sp³-hybridized carbons (Fsp3) is 0.435. The molecular formula is C23H29N3O3. The summed E-state index contributed by atoms with van der Waals surface area (Å²) in [6.45, 7) is 8.02. The highest BCUT2D eigenvalue weighted by Gasteiger charge is 2.23. The predicted molar refractivity (Wildman–Crippen MR) is 115 cm³/mol. The van der Waals surface area contributed by atoms with Crippen molar-refractivity contribution in [3.63, 3.8) is 0 Å². The molecule has 2 aromatic carbocycles. The van der Waals surface area contributed by atoms with Crippen LogP contribution in [0.1, 0.15) is 38.3 Å². The summed E-state index contributed by atoms with van der Waals surface area (Å²) in [6.07, 6.45) is 1.94. The number of imidazole rings is 1. The van der Waals surface area contributed by atoms with Crippen molar-refractivity contribution in [2.45, 2.75) is 39.3 Å². The number of rotatable bonds is 7. The summed E-state index contributed by atoms with van der Waals surface area (Å²) in [7, 11) is 0. The van der Waals surface area contributed by atoms with Crippen molar-refractivity contribution < 1.29 is 9.47 Å². The summed E-state index contributed by atoms with van der Waals surface area (Å²) in [4.78, 5) is 17.9. The molecule has 6 heteroatoms. The highest BCUT2D eigenvalue weighted by atomic mass is 16.5. The zero-order valence-electron chi connectivity index (χ0n) is 17.2. The van der Waals surface area contributed by atoms with Crippen LogP contribution in [-0.2, 0) is 6.54 Å². The van der Waals surface area contributed by atoms with E-state index in [1.807, 2.05) is 48.7 Å². The first-order chi connectivity index (χ1) is 14.2. The molecule has 0 spiro atoms. The van der Waals surface area contributed by atoms with Crippen molar-refractivity contribution in [1.29, 1.82) is 0 Å². The Balaban J connectivity index is 1.43. The lowest BCUT2D eigenvalue weighted by Gasteiger charge is -2.32. The van der Waals surface area contributed by atoms with Crippen LogP contribution in [0.4, 0.5) is 0 Å². The number of para-hydroxylation sites is 2. The topological polar surface area (TPSA) is 59.5 Å². The smallest absolute Gasteiger partial charge is 0.326 e. The minimum atomic E-state index is -0.00230. The third kappa shape index (κ3) is 4.17. The van der Waals surface area contributed by atoms with Crippen molar-refractivity contribution in [2.75, 3.05) is 26.3 Å². The second kappa shape index (κ2) is 8.74. The number of piperidine rings is 1. The minimum Gasteiger partial charge on any atom is -0.490 e. The number of hydrogen-bond donors (Lipinski definition) is 1. The number of hydrogen-bond acceptors (Lipinski definition) is 4. The van der Waals surface area contributed by atoms with Crippen molar-refractivity contribution in [1.82, 2.24) is 14.5 Å². The lowest BCUT2D eigenvalue weighted by molar-refractivity contribution is 0.179. The van der Waals surface area contributed by atoms with Crippen LogP contribution in [0, 0.1) is 0 Å². The van der Waals surface area contributed by atoms with Crippen LogP contribution >= 0.6 is 0 Å². The molecule has 0 amide bonds. The molecule has 0 bridgehead atoms. The molecule has 2 heterocycles. The lowest BCUT2D eigenvalue weighted by atomic mass is 10.0. The number of nitrogens with zero attached hydrogens (tertiary/aromatic N) is 2. The Bertz CT molecular complexity index is 1020. The molecule has 0 unspecified atom stereocenters. The summed E-state index contributed by atoms with van der Waals surface area (Å²) >= 11 is 0. The molecule has 1 aliphatic rings. The van der Waals surface area contributed by atoms with Gasteiger partial charge in [-0.25, -0.2) is 4.79 Å². The van der Waals surface area contributed by atoms with E-state index in [1.54, 1.807) is 0 Å². The first-order valence-corrected chi connectivity index (χ1v) is 10.5. The van der Waals surface area contributed by atoms with Crippen molar-refractivity contribution >= 4 is 11.0 Å². The van der Waals surface area contributed by atoms with Crippen LogP contribution in [-0.4, -0.2) is 40.8 Å². The summed E-state index contributed by atoms with van der Waals surface area (Å²) < 4.78 is 13.4. The Hall–Kier alpha value is -2.73. The number of aromatic amines is 1. The highest BCUT2D eigenvalue weighted by Crippen LogP contribution is 2.30. The standard InChI is InChI=1S/C23H29N3O3/c1-3-28-21-10-9-17(15-22(21)29-4-2)16-25-13-11-18(12-14-25)26-20-8-6-5-7-19(20)24-23(26)27/h5-10,15,18H,3-4,11-14,16H2,1-2H3,(H,24,27). The number of ether oxygens (including phenoxy) is 2. The third-order valence-electron chi connectivity index (χ3n) is 5.56. The van der Waals surface area contributed by atoms with E-state index in [0.717, 1.165) is 55.0 Å². The predicted octanol–water partition coefficient (Wildman–Crippen LogP) is 3.96. The van der Waals surface area contributed by atoms with Crippen molar-refractivity contribution in [2.24, 2.45) is 0 Å². The average Bonchev–Trinajstić information content (AvgIpc) is 3.07. The Morgan fingerprint density at radius 1 is 1.00 bits per heavy atom. The van der Waals surface area contributed by atoms with Gasteiger partial charge in [-0.2, -0.15) is 0 Å². The lowest BCUT2D eigenvalue weighted by Crippen LogP contribution is -2.36. The monoisotopic (exact) mass is 395 g/mol. The van der Waals surface area contributed by atoms with Crippen LogP contribution in [0.15, 0.2) is 47.3 Å². The van der Waals surface area contributed by atoms with Crippen LogP contribution in [0.2, 0.25) is 0 Å². The van der Waals surface area contributed by atoms with Gasteiger partial charge in [-0.05, 0) is 56.5 Å². The normalized spacial score (nSPS) is 15.7. The molecule has 1 saturated heterocycles. The fourth-order valence-electron chi connectivity index (χ4n) is 4.22. The number of nitrogens with one attached hydrogen (secondary N) is 1. The number of aromatic nitrogens is 2. The summed E-state index contributed by atoms with van der Waals surface area (Å²) in [5.41, 5.74) is 3.14. The molecule has 1 fully saturated rings. The summed E-state index contributed by atoms with van der Waals surface area (Å²) in [5, 5.41) is 0. The second-order valence-corrected chi connectivity index (χ2v) is 7.47. The molecule has 0 saturated carbocycles. The maximum Gasteiger partial charge on any atom is 0.326 e. The number of fused-ring (bicyclic) bond motifs is 1. The van der Waals surface area contributed by atoms with Gasteiger partial charge in [0.1, 0.15) is 0 Å². The van der Waals surface area contributed by atoms with Crippen LogP contribution in [0.3, 0.4) is 0 Å². The Labute approximate surface area is 171 Å². The molecular weight excluding hydrogens is 366 g/mol. The van der Waals surface area contributed by atoms with E-state index in [1.165, 1.54) is 5.56 Å². The largest absolute Gasteiger partial charge is 0.490 e. The van der Waals surface area contributed by atoms with Gasteiger partial charge < -0.3 is 14.5 Å². The Morgan fingerprint density at radius 2 is 1.72 bits per heavy atom. The van der Waals surface area contributed by atoms with Crippen LogP contribution < -0.4 is 15.2 Å². The Morgan fingerprint density at radius 3 is 2.48 bits per heavy atom. The molecule has 0 atom stereocenters. The van der Waals surface area contributed by atoms with Gasteiger partial charge in [-0.1, -0.05) is 18.2 Å². The molecule has 6 nitrogen and oxygen atoms in total. The quantitative estimate of drug-likeness (QED) is 0.658. The average molecular weight is 396 g/mol. The molecule has 0 radical (unpaired) electrons.